The van der Waals surface area contributed by atoms with Gasteiger partial charge in [-0.2, -0.15) is 0 Å². The number of hydrogen-bond acceptors (Lipinski definition) is 3. The Hall–Kier alpha value is -1.91. The molecule has 5 heteroatoms. The number of nitro benzene ring substituents is 1. The van der Waals surface area contributed by atoms with E-state index in [1.807, 2.05) is 0 Å². The topological polar surface area (TPSA) is 72.2 Å². The third-order valence-corrected chi connectivity index (χ3v) is 4.54. The van der Waals surface area contributed by atoms with Crippen LogP contribution >= 0.6 is 0 Å². The number of hydrogen-bond donors (Lipinski definition) is 1. The van der Waals surface area contributed by atoms with Gasteiger partial charge in [-0.15, -0.1) is 0 Å². The summed E-state index contributed by atoms with van der Waals surface area (Å²) in [6.07, 6.45) is 5.18. The van der Waals surface area contributed by atoms with E-state index in [1.54, 1.807) is 12.1 Å². The van der Waals surface area contributed by atoms with Crippen molar-refractivity contribution >= 4 is 17.3 Å². The zero-order chi connectivity index (χ0) is 13.5. The molecule has 0 radical (unpaired) electrons. The standard InChI is InChI=1S/C14H16N2O3/c17-13(14-6-4-10(9-14)5-7-14)15-11-2-1-3-12(8-11)16(18)19/h1-3,8,10H,4-7,9H2,(H,15,17). The molecule has 0 heterocycles. The molecule has 2 bridgehead atoms. The lowest BCUT2D eigenvalue weighted by Gasteiger charge is -2.25. The summed E-state index contributed by atoms with van der Waals surface area (Å²) in [6.45, 7) is 0. The van der Waals surface area contributed by atoms with Crippen molar-refractivity contribution in [3.05, 3.63) is 34.4 Å². The van der Waals surface area contributed by atoms with Crippen LogP contribution in [0.15, 0.2) is 24.3 Å². The largest absolute Gasteiger partial charge is 0.325 e. The second kappa shape index (κ2) is 4.33. The third kappa shape index (κ3) is 2.09. The predicted molar refractivity (Wildman–Crippen MR) is 70.7 cm³/mol. The first-order valence-corrected chi connectivity index (χ1v) is 6.65. The number of rotatable bonds is 3. The SMILES string of the molecule is O=C(Nc1cccc([N+](=O)[O-])c1)C12CCC(CC1)C2. The first kappa shape index (κ1) is 12.1. The van der Waals surface area contributed by atoms with E-state index in [9.17, 15) is 14.9 Å². The minimum Gasteiger partial charge on any atom is -0.325 e. The summed E-state index contributed by atoms with van der Waals surface area (Å²) in [4.78, 5) is 22.7. The number of nitro groups is 1. The van der Waals surface area contributed by atoms with Crippen molar-refractivity contribution in [1.29, 1.82) is 0 Å². The van der Waals surface area contributed by atoms with E-state index in [4.69, 9.17) is 0 Å². The maximum Gasteiger partial charge on any atom is 0.271 e. The van der Waals surface area contributed by atoms with Gasteiger partial charge in [-0.25, -0.2) is 0 Å². The summed E-state index contributed by atoms with van der Waals surface area (Å²) < 4.78 is 0. The van der Waals surface area contributed by atoms with E-state index in [0.717, 1.165) is 32.1 Å². The Morgan fingerprint density at radius 3 is 2.68 bits per heavy atom. The van der Waals surface area contributed by atoms with Gasteiger partial charge in [0, 0.05) is 23.2 Å². The van der Waals surface area contributed by atoms with Gasteiger partial charge in [0.25, 0.3) is 5.69 Å². The summed E-state index contributed by atoms with van der Waals surface area (Å²) in [5, 5.41) is 13.6. The summed E-state index contributed by atoms with van der Waals surface area (Å²) in [7, 11) is 0. The Labute approximate surface area is 111 Å². The Morgan fingerprint density at radius 2 is 2.11 bits per heavy atom. The zero-order valence-corrected chi connectivity index (χ0v) is 10.6. The fourth-order valence-electron chi connectivity index (χ4n) is 3.47. The van der Waals surface area contributed by atoms with Gasteiger partial charge < -0.3 is 5.32 Å². The van der Waals surface area contributed by atoms with Crippen LogP contribution in [0.2, 0.25) is 0 Å². The number of non-ortho nitro benzene ring substituents is 1. The van der Waals surface area contributed by atoms with Gasteiger partial charge >= 0.3 is 0 Å². The normalized spacial score (nSPS) is 28.3. The van der Waals surface area contributed by atoms with Crippen molar-refractivity contribution in [1.82, 2.24) is 0 Å². The lowest BCUT2D eigenvalue weighted by atomic mass is 9.83. The minimum atomic E-state index is -0.449. The van der Waals surface area contributed by atoms with Crippen molar-refractivity contribution < 1.29 is 9.72 Å². The fraction of sp³-hybridized carbons (Fsp3) is 0.500. The van der Waals surface area contributed by atoms with E-state index in [2.05, 4.69) is 5.32 Å². The molecule has 2 fully saturated rings. The van der Waals surface area contributed by atoms with Crippen LogP contribution in [0.25, 0.3) is 0 Å². The molecule has 3 rings (SSSR count). The molecule has 2 aliphatic carbocycles. The number of benzene rings is 1. The first-order valence-electron chi connectivity index (χ1n) is 6.65. The molecule has 0 aromatic heterocycles. The van der Waals surface area contributed by atoms with E-state index >= 15 is 0 Å². The molecule has 2 saturated carbocycles. The maximum absolute atomic E-state index is 12.4. The summed E-state index contributed by atoms with van der Waals surface area (Å²) in [6, 6.07) is 6.13. The van der Waals surface area contributed by atoms with Gasteiger partial charge in [-0.1, -0.05) is 6.07 Å². The number of anilines is 1. The van der Waals surface area contributed by atoms with Gasteiger partial charge in [0.05, 0.1) is 4.92 Å². The van der Waals surface area contributed by atoms with Crippen LogP contribution in [0.5, 0.6) is 0 Å². The number of carbonyl (C=O) groups is 1. The quantitative estimate of drug-likeness (QED) is 0.670. The molecule has 0 saturated heterocycles. The summed E-state index contributed by atoms with van der Waals surface area (Å²) in [5.41, 5.74) is 0.310. The smallest absolute Gasteiger partial charge is 0.271 e. The lowest BCUT2D eigenvalue weighted by molar-refractivity contribution is -0.384. The second-order valence-corrected chi connectivity index (χ2v) is 5.69. The maximum atomic E-state index is 12.4. The van der Waals surface area contributed by atoms with Gasteiger partial charge in [0.1, 0.15) is 0 Å². The number of nitrogens with one attached hydrogen (secondary N) is 1. The molecule has 0 unspecified atom stereocenters. The van der Waals surface area contributed by atoms with Crippen LogP contribution < -0.4 is 5.32 Å². The van der Waals surface area contributed by atoms with Crippen molar-refractivity contribution in [3.63, 3.8) is 0 Å². The first-order chi connectivity index (χ1) is 9.09. The second-order valence-electron chi connectivity index (χ2n) is 5.69. The van der Waals surface area contributed by atoms with Gasteiger partial charge in [-0.3, -0.25) is 14.9 Å². The molecule has 100 valence electrons. The molecular formula is C14H16N2O3. The van der Waals surface area contributed by atoms with Crippen LogP contribution in [0.4, 0.5) is 11.4 Å². The van der Waals surface area contributed by atoms with E-state index in [1.165, 1.54) is 12.1 Å². The molecule has 1 N–H and O–H groups in total. The molecule has 0 aliphatic heterocycles. The van der Waals surface area contributed by atoms with Crippen molar-refractivity contribution in [2.24, 2.45) is 11.3 Å². The molecule has 0 spiro atoms. The van der Waals surface area contributed by atoms with E-state index in [0.29, 0.717) is 11.6 Å². The Kier molecular flexibility index (Phi) is 2.77. The van der Waals surface area contributed by atoms with E-state index in [-0.39, 0.29) is 17.0 Å². The monoisotopic (exact) mass is 260 g/mol. The van der Waals surface area contributed by atoms with Crippen molar-refractivity contribution in [3.8, 4) is 0 Å². The molecule has 5 nitrogen and oxygen atoms in total. The Bertz CT molecular complexity index is 533. The van der Waals surface area contributed by atoms with Gasteiger partial charge in [0.2, 0.25) is 5.91 Å². The summed E-state index contributed by atoms with van der Waals surface area (Å²) in [5.74, 6) is 0.740. The minimum absolute atomic E-state index is 0.00557. The van der Waals surface area contributed by atoms with Crippen LogP contribution in [-0.4, -0.2) is 10.8 Å². The molecule has 2 aliphatic rings. The fourth-order valence-corrected chi connectivity index (χ4v) is 3.47. The number of amides is 1. The number of carbonyl (C=O) groups excluding carboxylic acids is 1. The highest BCUT2D eigenvalue weighted by atomic mass is 16.6. The molecule has 19 heavy (non-hydrogen) atoms. The molecule has 1 amide bonds. The molecule has 0 atom stereocenters. The van der Waals surface area contributed by atoms with E-state index < -0.39 is 4.92 Å². The van der Waals surface area contributed by atoms with Gasteiger partial charge in [-0.05, 0) is 44.1 Å². The Balaban J connectivity index is 1.76. The lowest BCUT2D eigenvalue weighted by Crippen LogP contribution is -2.32. The van der Waals surface area contributed by atoms with Crippen LogP contribution in [0.1, 0.15) is 32.1 Å². The molecular weight excluding hydrogens is 244 g/mol. The van der Waals surface area contributed by atoms with Crippen molar-refractivity contribution in [2.75, 3.05) is 5.32 Å². The van der Waals surface area contributed by atoms with Crippen LogP contribution in [0, 0.1) is 21.4 Å². The average molecular weight is 260 g/mol. The highest BCUT2D eigenvalue weighted by Crippen LogP contribution is 2.54. The predicted octanol–water partition coefficient (Wildman–Crippen LogP) is 3.11. The highest BCUT2D eigenvalue weighted by Gasteiger charge is 2.49. The van der Waals surface area contributed by atoms with Gasteiger partial charge in [0.15, 0.2) is 0 Å². The summed E-state index contributed by atoms with van der Waals surface area (Å²) >= 11 is 0. The Morgan fingerprint density at radius 1 is 1.37 bits per heavy atom. The van der Waals surface area contributed by atoms with Crippen molar-refractivity contribution in [2.45, 2.75) is 32.1 Å². The van der Waals surface area contributed by atoms with Crippen LogP contribution in [0.3, 0.4) is 0 Å². The molecule has 1 aromatic rings. The number of nitrogens with zero attached hydrogens (tertiary/aromatic N) is 1. The number of fused-ring (bicyclic) bond motifs is 2. The van der Waals surface area contributed by atoms with Crippen LogP contribution in [-0.2, 0) is 4.79 Å². The molecule has 1 aromatic carbocycles. The highest BCUT2D eigenvalue weighted by molar-refractivity contribution is 5.96. The third-order valence-electron chi connectivity index (χ3n) is 4.54. The zero-order valence-electron chi connectivity index (χ0n) is 10.6. The average Bonchev–Trinajstić information content (AvgIpc) is 3.00.